The van der Waals surface area contributed by atoms with E-state index in [0.29, 0.717) is 11.8 Å². The lowest BCUT2D eigenvalue weighted by Gasteiger charge is -2.15. The van der Waals surface area contributed by atoms with Gasteiger partial charge in [-0.3, -0.25) is 4.98 Å². The first-order chi connectivity index (χ1) is 6.27. The van der Waals surface area contributed by atoms with E-state index in [1.807, 2.05) is 11.9 Å². The molecule has 0 saturated heterocycles. The Bertz CT molecular complexity index is 269. The van der Waals surface area contributed by atoms with Crippen molar-refractivity contribution in [3.05, 3.63) is 12.4 Å². The van der Waals surface area contributed by atoms with Gasteiger partial charge in [-0.1, -0.05) is 0 Å². The first kappa shape index (κ1) is 10.1. The highest BCUT2D eigenvalue weighted by Gasteiger charge is 2.02. The molecule has 1 aromatic rings. The summed E-state index contributed by atoms with van der Waals surface area (Å²) in [6, 6.07) is 0. The van der Waals surface area contributed by atoms with Gasteiger partial charge in [-0.2, -0.15) is 4.98 Å². The maximum atomic E-state index is 5.60. The van der Waals surface area contributed by atoms with Crippen molar-refractivity contribution < 1.29 is 4.74 Å². The Balaban J connectivity index is 2.75. The number of nitrogens with zero attached hydrogens (tertiary/aromatic N) is 3. The van der Waals surface area contributed by atoms with E-state index >= 15 is 0 Å². The second-order valence-electron chi connectivity index (χ2n) is 2.53. The van der Waals surface area contributed by atoms with Crippen LogP contribution in [-0.4, -0.2) is 36.6 Å². The Morgan fingerprint density at radius 1 is 1.54 bits per heavy atom. The number of ether oxygens (including phenoxy) is 1. The quantitative estimate of drug-likeness (QED) is 0.686. The molecule has 0 N–H and O–H groups in total. The number of methoxy groups -OCH3 is 1. The molecule has 4 nitrogen and oxygen atoms in total. The molecular formula is C8H12ClN3O. The number of rotatable bonds is 4. The number of hydrogen-bond donors (Lipinski definition) is 0. The SMILES string of the molecule is COc1cncc(N(C)CCCl)n1. The molecule has 0 aliphatic carbocycles. The predicted molar refractivity (Wildman–Crippen MR) is 52.6 cm³/mol. The molecule has 72 valence electrons. The zero-order chi connectivity index (χ0) is 9.68. The maximum Gasteiger partial charge on any atom is 0.233 e. The Hall–Kier alpha value is -1.03. The van der Waals surface area contributed by atoms with Crippen molar-refractivity contribution in [1.29, 1.82) is 0 Å². The van der Waals surface area contributed by atoms with E-state index in [4.69, 9.17) is 16.3 Å². The van der Waals surface area contributed by atoms with Gasteiger partial charge in [0.05, 0.1) is 19.5 Å². The highest BCUT2D eigenvalue weighted by atomic mass is 35.5. The Morgan fingerprint density at radius 3 is 2.92 bits per heavy atom. The van der Waals surface area contributed by atoms with Gasteiger partial charge in [0.1, 0.15) is 0 Å². The van der Waals surface area contributed by atoms with Gasteiger partial charge >= 0.3 is 0 Å². The summed E-state index contributed by atoms with van der Waals surface area (Å²) in [5, 5.41) is 0. The minimum atomic E-state index is 0.513. The van der Waals surface area contributed by atoms with Gasteiger partial charge in [-0.25, -0.2) is 0 Å². The third-order valence-corrected chi connectivity index (χ3v) is 1.79. The van der Waals surface area contributed by atoms with Crippen LogP contribution in [-0.2, 0) is 0 Å². The largest absolute Gasteiger partial charge is 0.480 e. The number of alkyl halides is 1. The maximum absolute atomic E-state index is 5.60. The molecule has 0 radical (unpaired) electrons. The minimum Gasteiger partial charge on any atom is -0.480 e. The molecule has 0 aliphatic heterocycles. The van der Waals surface area contributed by atoms with Crippen LogP contribution >= 0.6 is 11.6 Å². The van der Waals surface area contributed by atoms with Crippen LogP contribution in [0.5, 0.6) is 5.88 Å². The fraction of sp³-hybridized carbons (Fsp3) is 0.500. The number of hydrogen-bond acceptors (Lipinski definition) is 4. The van der Waals surface area contributed by atoms with Crippen LogP contribution in [0.2, 0.25) is 0 Å². The van der Waals surface area contributed by atoms with Crippen LogP contribution in [0.1, 0.15) is 0 Å². The third kappa shape index (κ3) is 2.73. The Labute approximate surface area is 82.5 Å². The van der Waals surface area contributed by atoms with E-state index in [-0.39, 0.29) is 0 Å². The summed E-state index contributed by atoms with van der Waals surface area (Å²) >= 11 is 5.60. The summed E-state index contributed by atoms with van der Waals surface area (Å²) < 4.78 is 4.95. The topological polar surface area (TPSA) is 38.2 Å². The van der Waals surface area contributed by atoms with Gasteiger partial charge in [0.25, 0.3) is 0 Å². The van der Waals surface area contributed by atoms with Gasteiger partial charge in [0, 0.05) is 19.5 Å². The average Bonchev–Trinajstić information content (AvgIpc) is 2.18. The van der Waals surface area contributed by atoms with Gasteiger partial charge in [-0.15, -0.1) is 11.6 Å². The molecule has 0 amide bonds. The highest BCUT2D eigenvalue weighted by molar-refractivity contribution is 6.18. The highest BCUT2D eigenvalue weighted by Crippen LogP contribution is 2.11. The lowest BCUT2D eigenvalue weighted by Crippen LogP contribution is -2.20. The zero-order valence-electron chi connectivity index (χ0n) is 7.70. The molecule has 0 aliphatic rings. The van der Waals surface area contributed by atoms with E-state index in [9.17, 15) is 0 Å². The summed E-state index contributed by atoms with van der Waals surface area (Å²) in [4.78, 5) is 10.1. The number of halogens is 1. The van der Waals surface area contributed by atoms with E-state index < -0.39 is 0 Å². The predicted octanol–water partition coefficient (Wildman–Crippen LogP) is 1.16. The lowest BCUT2D eigenvalue weighted by atomic mass is 10.5. The molecule has 1 heterocycles. The van der Waals surface area contributed by atoms with E-state index in [0.717, 1.165) is 12.4 Å². The summed E-state index contributed by atoms with van der Waals surface area (Å²) in [6.07, 6.45) is 3.24. The molecule has 1 aromatic heterocycles. The van der Waals surface area contributed by atoms with Gasteiger partial charge in [0.2, 0.25) is 5.88 Å². The summed E-state index contributed by atoms with van der Waals surface area (Å²) in [5.74, 6) is 1.84. The monoisotopic (exact) mass is 201 g/mol. The van der Waals surface area contributed by atoms with E-state index in [1.165, 1.54) is 0 Å². The van der Waals surface area contributed by atoms with Crippen LogP contribution in [0.25, 0.3) is 0 Å². The fourth-order valence-corrected chi connectivity index (χ4v) is 1.12. The second kappa shape index (κ2) is 4.87. The number of aromatic nitrogens is 2. The molecule has 0 fully saturated rings. The first-order valence-electron chi connectivity index (χ1n) is 3.91. The van der Waals surface area contributed by atoms with Gasteiger partial charge < -0.3 is 9.64 Å². The van der Waals surface area contributed by atoms with Crippen LogP contribution in [0.3, 0.4) is 0 Å². The molecule has 0 unspecified atom stereocenters. The van der Waals surface area contributed by atoms with E-state index in [1.54, 1.807) is 19.5 Å². The molecule has 5 heteroatoms. The first-order valence-corrected chi connectivity index (χ1v) is 4.44. The molecular weight excluding hydrogens is 190 g/mol. The van der Waals surface area contributed by atoms with Crippen molar-refractivity contribution in [1.82, 2.24) is 9.97 Å². The van der Waals surface area contributed by atoms with Crippen molar-refractivity contribution in [2.24, 2.45) is 0 Å². The van der Waals surface area contributed by atoms with Crippen molar-refractivity contribution in [2.75, 3.05) is 31.5 Å². The molecule has 0 atom stereocenters. The lowest BCUT2D eigenvalue weighted by molar-refractivity contribution is 0.396. The second-order valence-corrected chi connectivity index (χ2v) is 2.91. The molecule has 0 spiro atoms. The van der Waals surface area contributed by atoms with E-state index in [2.05, 4.69) is 9.97 Å². The van der Waals surface area contributed by atoms with Gasteiger partial charge in [-0.05, 0) is 0 Å². The van der Waals surface area contributed by atoms with Crippen LogP contribution < -0.4 is 9.64 Å². The molecule has 0 bridgehead atoms. The van der Waals surface area contributed by atoms with Crippen molar-refractivity contribution in [3.63, 3.8) is 0 Å². The summed E-state index contributed by atoms with van der Waals surface area (Å²) in [6.45, 7) is 0.739. The smallest absolute Gasteiger partial charge is 0.233 e. The number of anilines is 1. The normalized spacial score (nSPS) is 9.77. The Morgan fingerprint density at radius 2 is 2.31 bits per heavy atom. The standard InChI is InChI=1S/C8H12ClN3O/c1-12(4-3-9)7-5-10-6-8(11-7)13-2/h5-6H,3-4H2,1-2H3. The minimum absolute atomic E-state index is 0.513. The molecule has 0 saturated carbocycles. The zero-order valence-corrected chi connectivity index (χ0v) is 8.45. The molecule has 0 aromatic carbocycles. The van der Waals surface area contributed by atoms with Crippen LogP contribution in [0.15, 0.2) is 12.4 Å². The third-order valence-electron chi connectivity index (χ3n) is 1.62. The van der Waals surface area contributed by atoms with Crippen LogP contribution in [0.4, 0.5) is 5.82 Å². The Kier molecular flexibility index (Phi) is 3.76. The van der Waals surface area contributed by atoms with Crippen LogP contribution in [0, 0.1) is 0 Å². The van der Waals surface area contributed by atoms with Crippen molar-refractivity contribution in [2.45, 2.75) is 0 Å². The molecule has 13 heavy (non-hydrogen) atoms. The molecule has 1 rings (SSSR count). The average molecular weight is 202 g/mol. The van der Waals surface area contributed by atoms with Crippen molar-refractivity contribution in [3.8, 4) is 5.88 Å². The van der Waals surface area contributed by atoms with Gasteiger partial charge in [0.15, 0.2) is 5.82 Å². The summed E-state index contributed by atoms with van der Waals surface area (Å²) in [7, 11) is 3.47. The fourth-order valence-electron chi connectivity index (χ4n) is 0.862. The van der Waals surface area contributed by atoms with Crippen molar-refractivity contribution >= 4 is 17.4 Å². The summed E-state index contributed by atoms with van der Waals surface area (Å²) in [5.41, 5.74) is 0.